The maximum Gasteiger partial charge on any atom is 0.168 e. The maximum absolute atomic E-state index is 5.78. The number of pyridine rings is 1. The van der Waals surface area contributed by atoms with Gasteiger partial charge in [-0.15, -0.1) is 0 Å². The summed E-state index contributed by atoms with van der Waals surface area (Å²) in [5.74, 6) is -0.271. The molecule has 2 heterocycles. The molecule has 1 aromatic rings. The van der Waals surface area contributed by atoms with Crippen LogP contribution in [0.2, 0.25) is 0 Å². The molecule has 5 heteroatoms. The Labute approximate surface area is 122 Å². The van der Waals surface area contributed by atoms with Gasteiger partial charge in [0.25, 0.3) is 0 Å². The zero-order valence-corrected chi connectivity index (χ0v) is 12.7. The molecular formula is C14H19BrN2O2. The van der Waals surface area contributed by atoms with E-state index >= 15 is 0 Å². The van der Waals surface area contributed by atoms with Gasteiger partial charge in [0.15, 0.2) is 5.79 Å². The van der Waals surface area contributed by atoms with Gasteiger partial charge >= 0.3 is 0 Å². The largest absolute Gasteiger partial charge is 0.371 e. The van der Waals surface area contributed by atoms with Crippen molar-refractivity contribution in [2.45, 2.75) is 37.5 Å². The molecule has 0 bridgehead atoms. The molecule has 1 spiro atoms. The molecule has 0 N–H and O–H groups in total. The zero-order chi connectivity index (χ0) is 13.3. The van der Waals surface area contributed by atoms with E-state index in [1.165, 1.54) is 5.69 Å². The van der Waals surface area contributed by atoms with Crippen molar-refractivity contribution in [3.63, 3.8) is 0 Å². The van der Waals surface area contributed by atoms with Crippen molar-refractivity contribution in [2.75, 3.05) is 25.2 Å². The predicted octanol–water partition coefficient (Wildman–Crippen LogP) is 2.97. The molecule has 0 aromatic carbocycles. The number of ether oxygens (including phenoxy) is 2. The molecule has 1 saturated carbocycles. The van der Waals surface area contributed by atoms with Gasteiger partial charge in [-0.25, -0.2) is 0 Å². The molecule has 0 atom stereocenters. The highest BCUT2D eigenvalue weighted by molar-refractivity contribution is 9.10. The van der Waals surface area contributed by atoms with Crippen LogP contribution in [0, 0.1) is 0 Å². The Morgan fingerprint density at radius 3 is 2.63 bits per heavy atom. The first-order valence-electron chi connectivity index (χ1n) is 6.80. The van der Waals surface area contributed by atoms with Crippen LogP contribution >= 0.6 is 15.9 Å². The first-order valence-corrected chi connectivity index (χ1v) is 7.60. The zero-order valence-electron chi connectivity index (χ0n) is 11.1. The van der Waals surface area contributed by atoms with Gasteiger partial charge in [-0.2, -0.15) is 0 Å². The minimum Gasteiger partial charge on any atom is -0.371 e. The molecular weight excluding hydrogens is 308 g/mol. The highest BCUT2D eigenvalue weighted by Crippen LogP contribution is 2.38. The second-order valence-electron chi connectivity index (χ2n) is 5.28. The molecule has 3 rings (SSSR count). The van der Waals surface area contributed by atoms with Gasteiger partial charge in [0.1, 0.15) is 0 Å². The highest BCUT2D eigenvalue weighted by Gasteiger charge is 2.41. The van der Waals surface area contributed by atoms with E-state index in [1.54, 1.807) is 0 Å². The number of rotatable bonds is 2. The van der Waals surface area contributed by atoms with Crippen LogP contribution in [0.4, 0.5) is 5.69 Å². The summed E-state index contributed by atoms with van der Waals surface area (Å²) in [5, 5.41) is 0. The fourth-order valence-electron chi connectivity index (χ4n) is 3.07. The molecule has 0 radical (unpaired) electrons. The maximum atomic E-state index is 5.78. The second-order valence-corrected chi connectivity index (χ2v) is 6.13. The third kappa shape index (κ3) is 2.64. The summed E-state index contributed by atoms with van der Waals surface area (Å²) in [4.78, 5) is 6.46. The monoisotopic (exact) mass is 326 g/mol. The van der Waals surface area contributed by atoms with Crippen LogP contribution in [-0.4, -0.2) is 37.1 Å². The van der Waals surface area contributed by atoms with E-state index < -0.39 is 0 Å². The average molecular weight is 327 g/mol. The molecule has 1 aliphatic carbocycles. The molecule has 1 aliphatic heterocycles. The van der Waals surface area contributed by atoms with E-state index in [2.05, 4.69) is 38.9 Å². The SMILES string of the molecule is CN(c1ccncc1Br)C1CCC2(CC1)OCCO2. The first-order chi connectivity index (χ1) is 9.20. The van der Waals surface area contributed by atoms with Crippen molar-refractivity contribution in [3.8, 4) is 0 Å². The smallest absolute Gasteiger partial charge is 0.168 e. The van der Waals surface area contributed by atoms with E-state index in [0.717, 1.165) is 43.4 Å². The first kappa shape index (κ1) is 13.3. The number of hydrogen-bond acceptors (Lipinski definition) is 4. The van der Waals surface area contributed by atoms with E-state index in [9.17, 15) is 0 Å². The Kier molecular flexibility index (Phi) is 3.78. The molecule has 104 valence electrons. The van der Waals surface area contributed by atoms with Crippen LogP contribution in [0.25, 0.3) is 0 Å². The van der Waals surface area contributed by atoms with E-state index in [4.69, 9.17) is 9.47 Å². The van der Waals surface area contributed by atoms with Gasteiger partial charge in [-0.3, -0.25) is 4.98 Å². The van der Waals surface area contributed by atoms with Crippen LogP contribution in [0.3, 0.4) is 0 Å². The molecule has 1 aromatic heterocycles. The van der Waals surface area contributed by atoms with E-state index in [-0.39, 0.29) is 5.79 Å². The van der Waals surface area contributed by atoms with Gasteiger partial charge in [-0.1, -0.05) is 0 Å². The van der Waals surface area contributed by atoms with Crippen LogP contribution in [0.5, 0.6) is 0 Å². The lowest BCUT2D eigenvalue weighted by Gasteiger charge is -2.40. The summed E-state index contributed by atoms with van der Waals surface area (Å²) in [6.45, 7) is 1.49. The summed E-state index contributed by atoms with van der Waals surface area (Å²) in [6, 6.07) is 2.59. The standard InChI is InChI=1S/C14H19BrN2O2/c1-17(13-4-7-16-10-12(13)15)11-2-5-14(6-3-11)18-8-9-19-14/h4,7,10-11H,2-3,5-6,8-9H2,1H3. The van der Waals surface area contributed by atoms with Crippen molar-refractivity contribution in [1.29, 1.82) is 0 Å². The Morgan fingerprint density at radius 2 is 2.00 bits per heavy atom. The molecule has 2 fully saturated rings. The number of halogens is 1. The number of nitrogens with zero attached hydrogens (tertiary/aromatic N) is 2. The lowest BCUT2D eigenvalue weighted by atomic mass is 9.89. The van der Waals surface area contributed by atoms with Crippen molar-refractivity contribution in [2.24, 2.45) is 0 Å². The normalized spacial score (nSPS) is 22.8. The van der Waals surface area contributed by atoms with E-state index in [0.29, 0.717) is 6.04 Å². The quantitative estimate of drug-likeness (QED) is 0.836. The average Bonchev–Trinajstić information content (AvgIpc) is 2.88. The molecule has 0 amide bonds. The summed E-state index contributed by atoms with van der Waals surface area (Å²) in [6.07, 6.45) is 7.87. The van der Waals surface area contributed by atoms with Crippen LogP contribution in [-0.2, 0) is 9.47 Å². The van der Waals surface area contributed by atoms with Gasteiger partial charge < -0.3 is 14.4 Å². The van der Waals surface area contributed by atoms with Crippen molar-refractivity contribution < 1.29 is 9.47 Å². The van der Waals surface area contributed by atoms with Gasteiger partial charge in [0.05, 0.1) is 23.4 Å². The summed E-state index contributed by atoms with van der Waals surface area (Å²) < 4.78 is 12.6. The molecule has 0 unspecified atom stereocenters. The van der Waals surface area contributed by atoms with Gasteiger partial charge in [-0.05, 0) is 34.8 Å². The topological polar surface area (TPSA) is 34.6 Å². The van der Waals surface area contributed by atoms with Crippen molar-refractivity contribution in [3.05, 3.63) is 22.9 Å². The third-order valence-electron chi connectivity index (χ3n) is 4.21. The molecule has 4 nitrogen and oxygen atoms in total. The number of aromatic nitrogens is 1. The molecule has 2 aliphatic rings. The summed E-state index contributed by atoms with van der Waals surface area (Å²) in [7, 11) is 2.15. The second kappa shape index (κ2) is 5.38. The minimum atomic E-state index is -0.271. The Balaban J connectivity index is 1.66. The Hall–Kier alpha value is -0.650. The highest BCUT2D eigenvalue weighted by atomic mass is 79.9. The van der Waals surface area contributed by atoms with Crippen LogP contribution < -0.4 is 4.90 Å². The minimum absolute atomic E-state index is 0.271. The Morgan fingerprint density at radius 1 is 1.32 bits per heavy atom. The summed E-state index contributed by atoms with van der Waals surface area (Å²) >= 11 is 3.57. The molecule has 1 saturated heterocycles. The summed E-state index contributed by atoms with van der Waals surface area (Å²) in [5.41, 5.74) is 1.20. The van der Waals surface area contributed by atoms with Gasteiger partial charge in [0.2, 0.25) is 0 Å². The Bertz CT molecular complexity index is 439. The fourth-order valence-corrected chi connectivity index (χ4v) is 3.60. The number of hydrogen-bond donors (Lipinski definition) is 0. The van der Waals surface area contributed by atoms with Crippen molar-refractivity contribution >= 4 is 21.6 Å². The van der Waals surface area contributed by atoms with Crippen LogP contribution in [0.15, 0.2) is 22.9 Å². The lowest BCUT2D eigenvalue weighted by molar-refractivity contribution is -0.178. The predicted molar refractivity (Wildman–Crippen MR) is 77.2 cm³/mol. The molecule has 19 heavy (non-hydrogen) atoms. The van der Waals surface area contributed by atoms with Crippen LogP contribution in [0.1, 0.15) is 25.7 Å². The van der Waals surface area contributed by atoms with Crippen molar-refractivity contribution in [1.82, 2.24) is 4.98 Å². The lowest BCUT2D eigenvalue weighted by Crippen LogP contribution is -2.43. The third-order valence-corrected chi connectivity index (χ3v) is 4.82. The fraction of sp³-hybridized carbons (Fsp3) is 0.643. The van der Waals surface area contributed by atoms with E-state index in [1.807, 2.05) is 12.4 Å². The number of anilines is 1. The van der Waals surface area contributed by atoms with Gasteiger partial charge in [0, 0.05) is 38.3 Å².